The second-order valence-corrected chi connectivity index (χ2v) is 4.18. The average Bonchev–Trinajstić information content (AvgIpc) is 2.20. The molecule has 0 saturated heterocycles. The van der Waals surface area contributed by atoms with E-state index in [1.807, 2.05) is 14.2 Å². The molecule has 0 unspecified atom stereocenters. The first-order chi connectivity index (χ1) is 6.29. The van der Waals surface area contributed by atoms with Crippen molar-refractivity contribution in [2.45, 2.75) is 51.2 Å². The highest BCUT2D eigenvalue weighted by atomic mass is 16.5. The van der Waals surface area contributed by atoms with Crippen molar-refractivity contribution < 1.29 is 4.74 Å². The van der Waals surface area contributed by atoms with Crippen molar-refractivity contribution in [1.29, 1.82) is 0 Å². The summed E-state index contributed by atoms with van der Waals surface area (Å²) in [5.41, 5.74) is 0. The van der Waals surface area contributed by atoms with E-state index in [4.69, 9.17) is 4.74 Å². The Hall–Kier alpha value is -0.0800. The molecule has 1 aliphatic rings. The number of likely N-dealkylation sites (N-methyl/N-ethyl adjacent to an activating group) is 1. The third kappa shape index (κ3) is 2.96. The Kier molecular flexibility index (Phi) is 4.74. The SMILES string of the molecule is CN[C@H](C)[C@@H](OC)C1CCCCC1. The molecule has 0 bridgehead atoms. The van der Waals surface area contributed by atoms with Crippen molar-refractivity contribution in [2.75, 3.05) is 14.2 Å². The predicted octanol–water partition coefficient (Wildman–Crippen LogP) is 2.19. The van der Waals surface area contributed by atoms with Crippen molar-refractivity contribution in [2.24, 2.45) is 5.92 Å². The lowest BCUT2D eigenvalue weighted by atomic mass is 9.83. The molecule has 2 atom stereocenters. The molecular weight excluding hydrogens is 162 g/mol. The topological polar surface area (TPSA) is 21.3 Å². The van der Waals surface area contributed by atoms with Crippen molar-refractivity contribution in [1.82, 2.24) is 5.32 Å². The monoisotopic (exact) mass is 185 g/mol. The normalized spacial score (nSPS) is 24.2. The third-order valence-electron chi connectivity index (χ3n) is 3.33. The zero-order chi connectivity index (χ0) is 9.68. The van der Waals surface area contributed by atoms with Gasteiger partial charge < -0.3 is 10.1 Å². The Balaban J connectivity index is 2.43. The van der Waals surface area contributed by atoms with Gasteiger partial charge in [0.1, 0.15) is 0 Å². The largest absolute Gasteiger partial charge is 0.380 e. The fraction of sp³-hybridized carbons (Fsp3) is 1.00. The lowest BCUT2D eigenvalue weighted by molar-refractivity contribution is 0.0146. The summed E-state index contributed by atoms with van der Waals surface area (Å²) in [6.07, 6.45) is 7.31. The van der Waals surface area contributed by atoms with Gasteiger partial charge in [-0.15, -0.1) is 0 Å². The van der Waals surface area contributed by atoms with Gasteiger partial charge in [0.25, 0.3) is 0 Å². The zero-order valence-electron chi connectivity index (χ0n) is 9.18. The van der Waals surface area contributed by atoms with Gasteiger partial charge in [-0.2, -0.15) is 0 Å². The van der Waals surface area contributed by atoms with E-state index in [9.17, 15) is 0 Å². The van der Waals surface area contributed by atoms with E-state index >= 15 is 0 Å². The second-order valence-electron chi connectivity index (χ2n) is 4.18. The lowest BCUT2D eigenvalue weighted by Gasteiger charge is -2.33. The van der Waals surface area contributed by atoms with Crippen molar-refractivity contribution >= 4 is 0 Å². The molecule has 78 valence electrons. The molecule has 2 heteroatoms. The molecule has 1 saturated carbocycles. The number of rotatable bonds is 4. The van der Waals surface area contributed by atoms with Crippen LogP contribution in [-0.4, -0.2) is 26.3 Å². The van der Waals surface area contributed by atoms with Gasteiger partial charge in [0.2, 0.25) is 0 Å². The van der Waals surface area contributed by atoms with Crippen LogP contribution in [0.2, 0.25) is 0 Å². The third-order valence-corrected chi connectivity index (χ3v) is 3.33. The van der Waals surface area contributed by atoms with Gasteiger partial charge in [-0.05, 0) is 32.7 Å². The van der Waals surface area contributed by atoms with Crippen LogP contribution in [0.15, 0.2) is 0 Å². The molecule has 0 amide bonds. The van der Waals surface area contributed by atoms with Crippen LogP contribution in [0.4, 0.5) is 0 Å². The maximum absolute atomic E-state index is 5.58. The van der Waals surface area contributed by atoms with Crippen LogP contribution in [-0.2, 0) is 4.74 Å². The lowest BCUT2D eigenvalue weighted by Crippen LogP contribution is -2.41. The molecule has 1 N–H and O–H groups in total. The fourth-order valence-corrected chi connectivity index (χ4v) is 2.43. The van der Waals surface area contributed by atoms with Crippen molar-refractivity contribution in [3.63, 3.8) is 0 Å². The summed E-state index contributed by atoms with van der Waals surface area (Å²) in [7, 11) is 3.85. The van der Waals surface area contributed by atoms with E-state index < -0.39 is 0 Å². The number of hydrogen-bond donors (Lipinski definition) is 1. The Morgan fingerprint density at radius 1 is 1.23 bits per heavy atom. The number of ether oxygens (including phenoxy) is 1. The summed E-state index contributed by atoms with van der Waals surface area (Å²) in [4.78, 5) is 0. The van der Waals surface area contributed by atoms with Crippen molar-refractivity contribution in [3.8, 4) is 0 Å². The first-order valence-corrected chi connectivity index (χ1v) is 5.49. The fourth-order valence-electron chi connectivity index (χ4n) is 2.43. The molecule has 0 aromatic heterocycles. The van der Waals surface area contributed by atoms with Gasteiger partial charge >= 0.3 is 0 Å². The molecule has 1 aliphatic carbocycles. The Morgan fingerprint density at radius 2 is 1.85 bits per heavy atom. The van der Waals surface area contributed by atoms with E-state index in [1.54, 1.807) is 0 Å². The minimum absolute atomic E-state index is 0.408. The van der Waals surface area contributed by atoms with Crippen molar-refractivity contribution in [3.05, 3.63) is 0 Å². The minimum Gasteiger partial charge on any atom is -0.380 e. The molecule has 0 spiro atoms. The van der Waals surface area contributed by atoms with Crippen LogP contribution in [0.5, 0.6) is 0 Å². The molecule has 2 nitrogen and oxygen atoms in total. The summed E-state index contributed by atoms with van der Waals surface area (Å²) in [6, 6.07) is 0.480. The van der Waals surface area contributed by atoms with Gasteiger partial charge in [0.15, 0.2) is 0 Å². The maximum Gasteiger partial charge on any atom is 0.0749 e. The van der Waals surface area contributed by atoms with E-state index in [-0.39, 0.29) is 0 Å². The second kappa shape index (κ2) is 5.61. The Morgan fingerprint density at radius 3 is 2.31 bits per heavy atom. The highest BCUT2D eigenvalue weighted by molar-refractivity contribution is 4.81. The van der Waals surface area contributed by atoms with E-state index in [0.717, 1.165) is 5.92 Å². The molecular formula is C11H23NO. The predicted molar refractivity (Wildman–Crippen MR) is 55.9 cm³/mol. The molecule has 0 aliphatic heterocycles. The Labute approximate surface area is 82.0 Å². The molecule has 0 radical (unpaired) electrons. The number of methoxy groups -OCH3 is 1. The van der Waals surface area contributed by atoms with Crippen LogP contribution in [0.1, 0.15) is 39.0 Å². The van der Waals surface area contributed by atoms with Gasteiger partial charge in [-0.1, -0.05) is 19.3 Å². The molecule has 13 heavy (non-hydrogen) atoms. The van der Waals surface area contributed by atoms with Crippen LogP contribution in [0, 0.1) is 5.92 Å². The van der Waals surface area contributed by atoms with Gasteiger partial charge in [0, 0.05) is 13.2 Å². The van der Waals surface area contributed by atoms with E-state index in [0.29, 0.717) is 12.1 Å². The Bertz CT molecular complexity index is 132. The summed E-state index contributed by atoms with van der Waals surface area (Å²) in [5, 5.41) is 3.29. The molecule has 0 heterocycles. The minimum atomic E-state index is 0.408. The molecule has 0 aromatic carbocycles. The van der Waals surface area contributed by atoms with E-state index in [1.165, 1.54) is 32.1 Å². The first-order valence-electron chi connectivity index (χ1n) is 5.49. The highest BCUT2D eigenvalue weighted by Gasteiger charge is 2.26. The van der Waals surface area contributed by atoms with Gasteiger partial charge in [0.05, 0.1) is 6.10 Å². The summed E-state index contributed by atoms with van der Waals surface area (Å²) < 4.78 is 5.58. The smallest absolute Gasteiger partial charge is 0.0749 e. The van der Waals surface area contributed by atoms with Gasteiger partial charge in [-0.3, -0.25) is 0 Å². The number of nitrogens with one attached hydrogen (secondary N) is 1. The molecule has 0 aromatic rings. The average molecular weight is 185 g/mol. The summed E-state index contributed by atoms with van der Waals surface area (Å²) >= 11 is 0. The zero-order valence-corrected chi connectivity index (χ0v) is 9.18. The highest BCUT2D eigenvalue weighted by Crippen LogP contribution is 2.29. The first kappa shape index (κ1) is 11.0. The van der Waals surface area contributed by atoms with E-state index in [2.05, 4.69) is 12.2 Å². The maximum atomic E-state index is 5.58. The van der Waals surface area contributed by atoms with Crippen LogP contribution in [0.25, 0.3) is 0 Å². The number of hydrogen-bond acceptors (Lipinski definition) is 2. The standard InChI is InChI=1S/C11H23NO/c1-9(12-2)11(13-3)10-7-5-4-6-8-10/h9-12H,4-8H2,1-3H3/t9-,11-/m1/s1. The summed E-state index contributed by atoms with van der Waals surface area (Å²) in [5.74, 6) is 0.779. The molecule has 1 fully saturated rings. The van der Waals surface area contributed by atoms with Crippen LogP contribution in [0.3, 0.4) is 0 Å². The van der Waals surface area contributed by atoms with Gasteiger partial charge in [-0.25, -0.2) is 0 Å². The summed E-state index contributed by atoms with van der Waals surface area (Å²) in [6.45, 7) is 2.21. The quantitative estimate of drug-likeness (QED) is 0.725. The van der Waals surface area contributed by atoms with Crippen LogP contribution < -0.4 is 5.32 Å². The molecule has 1 rings (SSSR count). The van der Waals surface area contributed by atoms with Crippen LogP contribution >= 0.6 is 0 Å².